The van der Waals surface area contributed by atoms with Gasteiger partial charge >= 0.3 is 0 Å². The molecule has 0 aliphatic rings. The molecule has 0 aliphatic heterocycles. The molecule has 0 bridgehead atoms. The van der Waals surface area contributed by atoms with E-state index in [-0.39, 0.29) is 0 Å². The van der Waals surface area contributed by atoms with Crippen molar-refractivity contribution in [1.82, 2.24) is 15.2 Å². The highest BCUT2D eigenvalue weighted by Crippen LogP contribution is 2.33. The number of hydrogen-bond donors (Lipinski definition) is 3. The predicted molar refractivity (Wildman–Crippen MR) is 68.0 cm³/mol. The van der Waals surface area contributed by atoms with Crippen LogP contribution in [0.25, 0.3) is 22.2 Å². The summed E-state index contributed by atoms with van der Waals surface area (Å²) in [6, 6.07) is 6.04. The Balaban J connectivity index is 2.34. The van der Waals surface area contributed by atoms with Crippen LogP contribution in [0.2, 0.25) is 0 Å². The van der Waals surface area contributed by atoms with Crippen molar-refractivity contribution in [3.8, 4) is 11.3 Å². The molecular weight excluding hydrogens is 268 g/mol. The first-order valence-corrected chi connectivity index (χ1v) is 5.61. The average Bonchev–Trinajstić information content (AvgIpc) is 2.84. The van der Waals surface area contributed by atoms with Crippen LogP contribution in [0.3, 0.4) is 0 Å². The van der Waals surface area contributed by atoms with Gasteiger partial charge in [-0.25, -0.2) is 0 Å². The summed E-state index contributed by atoms with van der Waals surface area (Å²) in [6.07, 6.45) is 3.55. The van der Waals surface area contributed by atoms with E-state index in [9.17, 15) is 0 Å². The quantitative estimate of drug-likeness (QED) is 0.640. The van der Waals surface area contributed by atoms with Crippen LogP contribution in [0.1, 0.15) is 0 Å². The van der Waals surface area contributed by atoms with Crippen LogP contribution < -0.4 is 5.73 Å². The van der Waals surface area contributed by atoms with Crippen LogP contribution in [0.15, 0.2) is 35.1 Å². The van der Waals surface area contributed by atoms with E-state index in [1.807, 2.05) is 24.4 Å². The minimum Gasteiger partial charge on any atom is -0.396 e. The van der Waals surface area contributed by atoms with E-state index in [0.717, 1.165) is 26.6 Å². The van der Waals surface area contributed by atoms with Gasteiger partial charge in [-0.1, -0.05) is 12.1 Å². The van der Waals surface area contributed by atoms with Gasteiger partial charge in [0.2, 0.25) is 0 Å². The SMILES string of the molecule is Nc1cn[nH]c1-c1c[nH]c2c(Br)cccc12. The lowest BCUT2D eigenvalue weighted by Crippen LogP contribution is -1.85. The lowest BCUT2D eigenvalue weighted by molar-refractivity contribution is 1.10. The lowest BCUT2D eigenvalue weighted by Gasteiger charge is -1.97. The Hall–Kier alpha value is -1.75. The van der Waals surface area contributed by atoms with Gasteiger partial charge in [0.05, 0.1) is 23.1 Å². The van der Waals surface area contributed by atoms with E-state index in [4.69, 9.17) is 5.73 Å². The number of fused-ring (bicyclic) bond motifs is 1. The molecule has 16 heavy (non-hydrogen) atoms. The Labute approximate surface area is 100.0 Å². The minimum absolute atomic E-state index is 0.654. The first-order chi connectivity index (χ1) is 7.77. The van der Waals surface area contributed by atoms with Crippen molar-refractivity contribution in [1.29, 1.82) is 0 Å². The summed E-state index contributed by atoms with van der Waals surface area (Å²) >= 11 is 3.50. The molecule has 0 saturated heterocycles. The molecule has 0 spiro atoms. The number of aromatic amines is 2. The fourth-order valence-electron chi connectivity index (χ4n) is 1.84. The monoisotopic (exact) mass is 276 g/mol. The molecule has 2 heterocycles. The molecule has 0 atom stereocenters. The topological polar surface area (TPSA) is 70.5 Å². The van der Waals surface area contributed by atoms with Gasteiger partial charge in [0, 0.05) is 21.6 Å². The molecule has 0 aliphatic carbocycles. The second kappa shape index (κ2) is 3.38. The standard InChI is InChI=1S/C11H9BrN4/c12-8-3-1-2-6-7(4-14-10(6)8)11-9(13)5-15-16-11/h1-5,14H,13H2,(H,15,16). The van der Waals surface area contributed by atoms with Crippen molar-refractivity contribution in [3.05, 3.63) is 35.1 Å². The second-order valence-electron chi connectivity index (χ2n) is 3.57. The van der Waals surface area contributed by atoms with Crippen molar-refractivity contribution in [2.75, 3.05) is 5.73 Å². The Morgan fingerprint density at radius 1 is 1.31 bits per heavy atom. The number of nitrogen functional groups attached to an aromatic ring is 1. The van der Waals surface area contributed by atoms with E-state index >= 15 is 0 Å². The van der Waals surface area contributed by atoms with Gasteiger partial charge in [-0.3, -0.25) is 5.10 Å². The van der Waals surface area contributed by atoms with E-state index in [1.54, 1.807) is 6.20 Å². The highest BCUT2D eigenvalue weighted by molar-refractivity contribution is 9.10. The zero-order valence-electron chi connectivity index (χ0n) is 8.29. The summed E-state index contributed by atoms with van der Waals surface area (Å²) < 4.78 is 1.04. The zero-order chi connectivity index (χ0) is 11.1. The molecule has 0 amide bonds. The van der Waals surface area contributed by atoms with Crippen LogP contribution in [0.4, 0.5) is 5.69 Å². The normalized spacial score (nSPS) is 11.1. The number of aromatic nitrogens is 3. The van der Waals surface area contributed by atoms with Crippen molar-refractivity contribution < 1.29 is 0 Å². The fourth-order valence-corrected chi connectivity index (χ4v) is 2.32. The summed E-state index contributed by atoms with van der Waals surface area (Å²) in [6.45, 7) is 0. The van der Waals surface area contributed by atoms with Gasteiger partial charge in [-0.2, -0.15) is 5.10 Å². The number of nitrogens with one attached hydrogen (secondary N) is 2. The van der Waals surface area contributed by atoms with Gasteiger partial charge in [0.1, 0.15) is 0 Å². The van der Waals surface area contributed by atoms with Crippen molar-refractivity contribution in [2.45, 2.75) is 0 Å². The molecule has 0 fully saturated rings. The molecule has 4 N–H and O–H groups in total. The van der Waals surface area contributed by atoms with Crippen LogP contribution in [-0.2, 0) is 0 Å². The van der Waals surface area contributed by atoms with Crippen LogP contribution >= 0.6 is 15.9 Å². The number of H-pyrrole nitrogens is 2. The molecule has 4 nitrogen and oxygen atoms in total. The molecule has 5 heteroatoms. The Morgan fingerprint density at radius 3 is 2.94 bits per heavy atom. The third-order valence-electron chi connectivity index (χ3n) is 2.60. The Morgan fingerprint density at radius 2 is 2.19 bits per heavy atom. The summed E-state index contributed by atoms with van der Waals surface area (Å²) in [5.41, 5.74) is 9.44. The maximum Gasteiger partial charge on any atom is 0.0901 e. The largest absolute Gasteiger partial charge is 0.396 e. The van der Waals surface area contributed by atoms with Crippen molar-refractivity contribution in [2.24, 2.45) is 0 Å². The summed E-state index contributed by atoms with van der Waals surface area (Å²) in [5.74, 6) is 0. The minimum atomic E-state index is 0.654. The third kappa shape index (κ3) is 1.25. The molecule has 3 aromatic rings. The first kappa shape index (κ1) is 9.47. The predicted octanol–water partition coefficient (Wildman–Crippen LogP) is 2.90. The molecule has 0 radical (unpaired) electrons. The Bertz CT molecular complexity index is 653. The summed E-state index contributed by atoms with van der Waals surface area (Å²) in [7, 11) is 0. The van der Waals surface area contributed by atoms with Gasteiger partial charge in [-0.05, 0) is 22.0 Å². The summed E-state index contributed by atoms with van der Waals surface area (Å²) in [5, 5.41) is 7.96. The lowest BCUT2D eigenvalue weighted by atomic mass is 10.1. The van der Waals surface area contributed by atoms with Crippen molar-refractivity contribution in [3.63, 3.8) is 0 Å². The van der Waals surface area contributed by atoms with Crippen molar-refractivity contribution >= 4 is 32.5 Å². The van der Waals surface area contributed by atoms with E-state index < -0.39 is 0 Å². The fraction of sp³-hybridized carbons (Fsp3) is 0. The molecule has 80 valence electrons. The second-order valence-corrected chi connectivity index (χ2v) is 4.42. The number of para-hydroxylation sites is 1. The highest BCUT2D eigenvalue weighted by Gasteiger charge is 2.11. The molecule has 0 saturated carbocycles. The number of halogens is 1. The average molecular weight is 277 g/mol. The zero-order valence-corrected chi connectivity index (χ0v) is 9.88. The number of anilines is 1. The van der Waals surface area contributed by atoms with Crippen LogP contribution in [0, 0.1) is 0 Å². The number of rotatable bonds is 1. The maximum atomic E-state index is 5.84. The Kier molecular flexibility index (Phi) is 2.00. The van der Waals surface area contributed by atoms with Crippen LogP contribution in [-0.4, -0.2) is 15.2 Å². The molecule has 3 rings (SSSR count). The van der Waals surface area contributed by atoms with E-state index in [1.165, 1.54) is 0 Å². The highest BCUT2D eigenvalue weighted by atomic mass is 79.9. The first-order valence-electron chi connectivity index (χ1n) is 4.82. The molecule has 1 aromatic carbocycles. The van der Waals surface area contributed by atoms with Crippen LogP contribution in [0.5, 0.6) is 0 Å². The third-order valence-corrected chi connectivity index (χ3v) is 3.26. The number of nitrogens with two attached hydrogens (primary N) is 1. The molecule has 2 aromatic heterocycles. The van der Waals surface area contributed by atoms with E-state index in [2.05, 4.69) is 31.1 Å². The number of benzene rings is 1. The molecule has 0 unspecified atom stereocenters. The molecular formula is C11H9BrN4. The van der Waals surface area contributed by atoms with Gasteiger partial charge in [0.15, 0.2) is 0 Å². The van der Waals surface area contributed by atoms with Gasteiger partial charge < -0.3 is 10.7 Å². The van der Waals surface area contributed by atoms with Gasteiger partial charge in [0.25, 0.3) is 0 Å². The summed E-state index contributed by atoms with van der Waals surface area (Å²) in [4.78, 5) is 3.22. The maximum absolute atomic E-state index is 5.84. The number of nitrogens with zero attached hydrogens (tertiary/aromatic N) is 1. The number of hydrogen-bond acceptors (Lipinski definition) is 2. The smallest absolute Gasteiger partial charge is 0.0901 e. The van der Waals surface area contributed by atoms with Gasteiger partial charge in [-0.15, -0.1) is 0 Å². The van der Waals surface area contributed by atoms with E-state index in [0.29, 0.717) is 5.69 Å².